The summed E-state index contributed by atoms with van der Waals surface area (Å²) < 4.78 is 34.5. The lowest BCUT2D eigenvalue weighted by Crippen LogP contribution is -2.45. The first-order valence-corrected chi connectivity index (χ1v) is 9.16. The van der Waals surface area contributed by atoms with Crippen molar-refractivity contribution in [2.45, 2.75) is 20.1 Å². The van der Waals surface area contributed by atoms with E-state index in [0.717, 1.165) is 43.0 Å². The number of anilines is 1. The molecule has 0 aromatic heterocycles. The van der Waals surface area contributed by atoms with Crippen LogP contribution in [0.3, 0.4) is 0 Å². The van der Waals surface area contributed by atoms with Crippen LogP contribution in [0.15, 0.2) is 42.5 Å². The lowest BCUT2D eigenvalue weighted by atomic mass is 10.1. The number of alkyl halides is 2. The van der Waals surface area contributed by atoms with Crippen molar-refractivity contribution >= 4 is 11.5 Å². The number of hydrogen-bond acceptors (Lipinski definition) is 5. The first-order chi connectivity index (χ1) is 13.5. The molecule has 2 aromatic rings. The Balaban J connectivity index is 1.57. The minimum Gasteiger partial charge on any atom is -0.493 e. The van der Waals surface area contributed by atoms with Crippen molar-refractivity contribution in [3.8, 4) is 11.5 Å². The van der Waals surface area contributed by atoms with Crippen molar-refractivity contribution in [3.63, 3.8) is 0 Å². The average Bonchev–Trinajstić information content (AvgIpc) is 2.69. The predicted octanol–water partition coefficient (Wildman–Crippen LogP) is 3.82. The molecule has 1 aliphatic heterocycles. The Hall–Kier alpha value is -2.67. The molecule has 1 fully saturated rings. The molecule has 3 rings (SSSR count). The molecular weight excluding hydrogens is 366 g/mol. The first-order valence-electron chi connectivity index (χ1n) is 9.16. The molecule has 0 atom stereocenters. The van der Waals surface area contributed by atoms with Gasteiger partial charge in [-0.15, -0.1) is 0 Å². The summed E-state index contributed by atoms with van der Waals surface area (Å²) in [6, 6.07) is 12.7. The number of piperazine rings is 1. The Morgan fingerprint density at radius 3 is 2.29 bits per heavy atom. The van der Waals surface area contributed by atoms with Crippen LogP contribution < -0.4 is 14.4 Å². The van der Waals surface area contributed by atoms with Crippen molar-refractivity contribution in [3.05, 3.63) is 53.6 Å². The van der Waals surface area contributed by atoms with Crippen LogP contribution in [0.5, 0.6) is 11.5 Å². The van der Waals surface area contributed by atoms with Crippen molar-refractivity contribution < 1.29 is 23.0 Å². The third-order valence-electron chi connectivity index (χ3n) is 4.86. The van der Waals surface area contributed by atoms with Crippen LogP contribution in [0.25, 0.3) is 0 Å². The second-order valence-corrected chi connectivity index (χ2v) is 6.73. The summed E-state index contributed by atoms with van der Waals surface area (Å²) in [7, 11) is 1.44. The Labute approximate surface area is 163 Å². The molecule has 0 amide bonds. The zero-order valence-corrected chi connectivity index (χ0v) is 16.0. The van der Waals surface area contributed by atoms with E-state index in [1.807, 2.05) is 24.3 Å². The first kappa shape index (κ1) is 20.1. The number of benzene rings is 2. The summed E-state index contributed by atoms with van der Waals surface area (Å²) in [5.41, 5.74) is 2.81. The van der Waals surface area contributed by atoms with Gasteiger partial charge in [0.2, 0.25) is 0 Å². The van der Waals surface area contributed by atoms with Crippen molar-refractivity contribution in [2.24, 2.45) is 0 Å². The molecule has 0 unspecified atom stereocenters. The lowest BCUT2D eigenvalue weighted by Gasteiger charge is -2.36. The number of carbonyl (C=O) groups is 1. The van der Waals surface area contributed by atoms with Gasteiger partial charge in [0, 0.05) is 44.0 Å². The molecule has 1 saturated heterocycles. The highest BCUT2D eigenvalue weighted by atomic mass is 19.3. The van der Waals surface area contributed by atoms with Gasteiger partial charge in [-0.1, -0.05) is 6.07 Å². The molecule has 7 heteroatoms. The van der Waals surface area contributed by atoms with Crippen LogP contribution >= 0.6 is 0 Å². The van der Waals surface area contributed by atoms with E-state index in [2.05, 4.69) is 14.5 Å². The van der Waals surface area contributed by atoms with Crippen molar-refractivity contribution in [1.29, 1.82) is 0 Å². The van der Waals surface area contributed by atoms with Gasteiger partial charge < -0.3 is 14.4 Å². The number of ether oxygens (including phenoxy) is 2. The maximum Gasteiger partial charge on any atom is 0.387 e. The van der Waals surface area contributed by atoms with E-state index in [1.165, 1.54) is 13.2 Å². The lowest BCUT2D eigenvalue weighted by molar-refractivity contribution is -0.0512. The molecule has 1 aliphatic rings. The van der Waals surface area contributed by atoms with Gasteiger partial charge in [0.1, 0.15) is 0 Å². The Morgan fingerprint density at radius 2 is 1.71 bits per heavy atom. The zero-order chi connectivity index (χ0) is 20.1. The highest BCUT2D eigenvalue weighted by Gasteiger charge is 2.18. The SMILES string of the molecule is COc1cc(CN2CCN(c3ccc(C(C)=O)cc3)CC2)ccc1OC(F)F. The molecule has 0 spiro atoms. The minimum atomic E-state index is -2.88. The number of Topliss-reactive ketones (excluding diaryl/α,β-unsaturated/α-hetero) is 1. The number of ketones is 1. The van der Waals surface area contributed by atoms with Crippen LogP contribution in [0.2, 0.25) is 0 Å². The molecular formula is C21H24F2N2O3. The summed E-state index contributed by atoms with van der Waals surface area (Å²) in [6.45, 7) is 2.92. The molecule has 28 heavy (non-hydrogen) atoms. The fourth-order valence-corrected chi connectivity index (χ4v) is 3.33. The Bertz CT molecular complexity index is 804. The van der Waals surface area contributed by atoms with E-state index < -0.39 is 6.61 Å². The van der Waals surface area contributed by atoms with Crippen molar-refractivity contribution in [2.75, 3.05) is 38.2 Å². The van der Waals surface area contributed by atoms with E-state index in [9.17, 15) is 13.6 Å². The zero-order valence-electron chi connectivity index (χ0n) is 16.0. The average molecular weight is 390 g/mol. The van der Waals surface area contributed by atoms with Gasteiger partial charge >= 0.3 is 6.61 Å². The van der Waals surface area contributed by atoms with E-state index >= 15 is 0 Å². The topological polar surface area (TPSA) is 42.0 Å². The molecule has 5 nitrogen and oxygen atoms in total. The minimum absolute atomic E-state index is 0.0417. The second-order valence-electron chi connectivity index (χ2n) is 6.73. The highest BCUT2D eigenvalue weighted by Crippen LogP contribution is 2.30. The predicted molar refractivity (Wildman–Crippen MR) is 104 cm³/mol. The van der Waals surface area contributed by atoms with Crippen LogP contribution in [0, 0.1) is 0 Å². The van der Waals surface area contributed by atoms with E-state index in [0.29, 0.717) is 12.3 Å². The standard InChI is InChI=1S/C21H24F2N2O3/c1-15(26)17-4-6-18(7-5-17)25-11-9-24(10-12-25)14-16-3-8-19(28-21(22)23)20(13-16)27-2/h3-8,13,21H,9-12,14H2,1-2H3. The van der Waals surface area contributed by atoms with Crippen LogP contribution in [-0.4, -0.2) is 50.6 Å². The van der Waals surface area contributed by atoms with Gasteiger partial charge in [-0.2, -0.15) is 8.78 Å². The largest absolute Gasteiger partial charge is 0.493 e. The Morgan fingerprint density at radius 1 is 1.04 bits per heavy atom. The van der Waals surface area contributed by atoms with E-state index in [-0.39, 0.29) is 11.5 Å². The Kier molecular flexibility index (Phi) is 6.46. The molecule has 0 aliphatic carbocycles. The molecule has 0 saturated carbocycles. The van der Waals surface area contributed by atoms with E-state index in [1.54, 1.807) is 19.1 Å². The quantitative estimate of drug-likeness (QED) is 0.673. The molecule has 0 radical (unpaired) electrons. The maximum absolute atomic E-state index is 12.4. The molecule has 0 bridgehead atoms. The summed E-state index contributed by atoms with van der Waals surface area (Å²) in [5.74, 6) is 0.416. The summed E-state index contributed by atoms with van der Waals surface area (Å²) >= 11 is 0. The summed E-state index contributed by atoms with van der Waals surface area (Å²) in [6.07, 6.45) is 0. The number of rotatable bonds is 7. The van der Waals surface area contributed by atoms with Gasteiger partial charge in [0.15, 0.2) is 17.3 Å². The van der Waals surface area contributed by atoms with Gasteiger partial charge in [0.25, 0.3) is 0 Å². The van der Waals surface area contributed by atoms with Crippen molar-refractivity contribution in [1.82, 2.24) is 4.90 Å². The third-order valence-corrected chi connectivity index (χ3v) is 4.86. The number of nitrogens with zero attached hydrogens (tertiary/aromatic N) is 2. The maximum atomic E-state index is 12.4. The fraction of sp³-hybridized carbons (Fsp3) is 0.381. The monoisotopic (exact) mass is 390 g/mol. The van der Waals surface area contributed by atoms with Crippen LogP contribution in [-0.2, 0) is 6.54 Å². The summed E-state index contributed by atoms with van der Waals surface area (Å²) in [4.78, 5) is 16.0. The van der Waals surface area contributed by atoms with Gasteiger partial charge in [-0.05, 0) is 48.9 Å². The third kappa shape index (κ3) is 4.98. The molecule has 2 aromatic carbocycles. The number of methoxy groups -OCH3 is 1. The van der Waals surface area contributed by atoms with Gasteiger partial charge in [-0.25, -0.2) is 0 Å². The normalized spacial score (nSPS) is 15.0. The smallest absolute Gasteiger partial charge is 0.387 e. The van der Waals surface area contributed by atoms with Gasteiger partial charge in [-0.3, -0.25) is 9.69 Å². The fourth-order valence-electron chi connectivity index (χ4n) is 3.33. The highest BCUT2D eigenvalue weighted by molar-refractivity contribution is 5.94. The molecule has 150 valence electrons. The second kappa shape index (κ2) is 9.01. The molecule has 1 heterocycles. The number of hydrogen-bond donors (Lipinski definition) is 0. The summed E-state index contributed by atoms with van der Waals surface area (Å²) in [5, 5.41) is 0. The number of halogens is 2. The molecule has 0 N–H and O–H groups in total. The van der Waals surface area contributed by atoms with Crippen LogP contribution in [0.4, 0.5) is 14.5 Å². The van der Waals surface area contributed by atoms with Gasteiger partial charge in [0.05, 0.1) is 7.11 Å². The number of carbonyl (C=O) groups excluding carboxylic acids is 1. The van der Waals surface area contributed by atoms with E-state index in [4.69, 9.17) is 4.74 Å². The van der Waals surface area contributed by atoms with Crippen LogP contribution in [0.1, 0.15) is 22.8 Å².